The number of hydrogen-bond donors (Lipinski definition) is 1. The number of nitrogens with zero attached hydrogens (tertiary/aromatic N) is 2. The van der Waals surface area contributed by atoms with Crippen molar-refractivity contribution < 1.29 is 0 Å². The first kappa shape index (κ1) is 15.9. The van der Waals surface area contributed by atoms with Crippen molar-refractivity contribution in [3.8, 4) is 0 Å². The van der Waals surface area contributed by atoms with Gasteiger partial charge in [0.1, 0.15) is 0 Å². The molecule has 0 saturated carbocycles. The van der Waals surface area contributed by atoms with Crippen LogP contribution in [0.2, 0.25) is 0 Å². The molecular formula is C15H33N3. The maximum Gasteiger partial charge on any atom is 0.0277 e. The molecule has 0 aromatic carbocycles. The van der Waals surface area contributed by atoms with E-state index in [9.17, 15) is 0 Å². The summed E-state index contributed by atoms with van der Waals surface area (Å²) in [5, 5.41) is 0. The minimum absolute atomic E-state index is 0.314. The number of hydrogen-bond acceptors (Lipinski definition) is 3. The van der Waals surface area contributed by atoms with Gasteiger partial charge in [-0.15, -0.1) is 0 Å². The molecule has 2 N–H and O–H groups in total. The van der Waals surface area contributed by atoms with Crippen molar-refractivity contribution in [3.05, 3.63) is 0 Å². The molecule has 1 heterocycles. The minimum Gasteiger partial charge on any atom is -0.330 e. The molecule has 0 radical (unpaired) electrons. The van der Waals surface area contributed by atoms with Gasteiger partial charge in [0.2, 0.25) is 0 Å². The molecule has 3 heteroatoms. The highest BCUT2D eigenvalue weighted by Gasteiger charge is 2.30. The van der Waals surface area contributed by atoms with E-state index in [1.165, 1.54) is 39.0 Å². The number of piperazine rings is 1. The average molecular weight is 255 g/mol. The number of rotatable bonds is 6. The van der Waals surface area contributed by atoms with Crippen LogP contribution in [0, 0.1) is 11.8 Å². The largest absolute Gasteiger partial charge is 0.330 e. The predicted molar refractivity (Wildman–Crippen MR) is 79.8 cm³/mol. The van der Waals surface area contributed by atoms with Crippen LogP contribution in [0.25, 0.3) is 0 Å². The highest BCUT2D eigenvalue weighted by atomic mass is 15.3. The van der Waals surface area contributed by atoms with E-state index in [0.29, 0.717) is 11.5 Å². The number of nitrogens with two attached hydrogens (primary N) is 1. The minimum atomic E-state index is 0.314. The Balaban J connectivity index is 2.35. The van der Waals surface area contributed by atoms with E-state index >= 15 is 0 Å². The first-order valence-electron chi connectivity index (χ1n) is 7.49. The van der Waals surface area contributed by atoms with Crippen molar-refractivity contribution in [3.63, 3.8) is 0 Å². The molecule has 1 atom stereocenters. The Morgan fingerprint density at radius 3 is 2.39 bits per heavy atom. The fourth-order valence-electron chi connectivity index (χ4n) is 2.90. The molecule has 1 unspecified atom stereocenters. The van der Waals surface area contributed by atoms with Gasteiger partial charge in [-0.05, 0) is 58.7 Å². The lowest BCUT2D eigenvalue weighted by atomic mass is 9.93. The summed E-state index contributed by atoms with van der Waals surface area (Å²) in [6.45, 7) is 14.9. The molecule has 0 amide bonds. The van der Waals surface area contributed by atoms with Crippen LogP contribution in [-0.2, 0) is 0 Å². The van der Waals surface area contributed by atoms with Crippen LogP contribution in [0.3, 0.4) is 0 Å². The van der Waals surface area contributed by atoms with Crippen LogP contribution >= 0.6 is 0 Å². The molecule has 0 aliphatic carbocycles. The summed E-state index contributed by atoms with van der Waals surface area (Å²) in [5.41, 5.74) is 6.20. The summed E-state index contributed by atoms with van der Waals surface area (Å²) in [6.07, 6.45) is 2.53. The summed E-state index contributed by atoms with van der Waals surface area (Å²) in [4.78, 5) is 5.08. The number of likely N-dealkylation sites (N-methyl/N-ethyl adjacent to an activating group) is 1. The lowest BCUT2D eigenvalue weighted by Crippen LogP contribution is -2.57. The van der Waals surface area contributed by atoms with Crippen molar-refractivity contribution in [2.75, 3.05) is 39.8 Å². The third-order valence-electron chi connectivity index (χ3n) is 4.39. The van der Waals surface area contributed by atoms with Gasteiger partial charge in [-0.25, -0.2) is 0 Å². The molecule has 0 spiro atoms. The molecule has 1 aliphatic heterocycles. The van der Waals surface area contributed by atoms with Crippen LogP contribution in [0.5, 0.6) is 0 Å². The second-order valence-corrected chi connectivity index (χ2v) is 7.03. The zero-order chi connectivity index (χ0) is 13.8. The topological polar surface area (TPSA) is 32.5 Å². The second kappa shape index (κ2) is 6.88. The van der Waals surface area contributed by atoms with Crippen LogP contribution in [0.15, 0.2) is 0 Å². The van der Waals surface area contributed by atoms with E-state index < -0.39 is 0 Å². The van der Waals surface area contributed by atoms with Gasteiger partial charge in [0.05, 0.1) is 0 Å². The zero-order valence-corrected chi connectivity index (χ0v) is 13.1. The molecule has 108 valence electrons. The Labute approximate surface area is 114 Å². The van der Waals surface area contributed by atoms with Gasteiger partial charge >= 0.3 is 0 Å². The maximum atomic E-state index is 5.89. The van der Waals surface area contributed by atoms with Crippen LogP contribution < -0.4 is 5.73 Å². The molecular weight excluding hydrogens is 222 g/mol. The molecule has 0 aromatic rings. The van der Waals surface area contributed by atoms with Crippen molar-refractivity contribution in [1.82, 2.24) is 9.80 Å². The normalized spacial score (nSPS) is 23.5. The van der Waals surface area contributed by atoms with Crippen LogP contribution in [-0.4, -0.2) is 55.1 Å². The van der Waals surface area contributed by atoms with Gasteiger partial charge < -0.3 is 10.6 Å². The van der Waals surface area contributed by atoms with Crippen molar-refractivity contribution >= 4 is 0 Å². The molecule has 0 aromatic heterocycles. The Morgan fingerprint density at radius 2 is 1.89 bits per heavy atom. The van der Waals surface area contributed by atoms with Gasteiger partial charge in [0.25, 0.3) is 0 Å². The molecule has 1 fully saturated rings. The maximum absolute atomic E-state index is 5.89. The van der Waals surface area contributed by atoms with Gasteiger partial charge in [-0.3, -0.25) is 4.90 Å². The van der Waals surface area contributed by atoms with E-state index in [2.05, 4.69) is 44.5 Å². The monoisotopic (exact) mass is 255 g/mol. The van der Waals surface area contributed by atoms with Crippen LogP contribution in [0.4, 0.5) is 0 Å². The predicted octanol–water partition coefficient (Wildman–Crippen LogP) is 2.02. The summed E-state index contributed by atoms with van der Waals surface area (Å²) < 4.78 is 0. The van der Waals surface area contributed by atoms with E-state index in [1.807, 2.05) is 0 Å². The van der Waals surface area contributed by atoms with E-state index in [4.69, 9.17) is 5.73 Å². The molecule has 3 nitrogen and oxygen atoms in total. The zero-order valence-electron chi connectivity index (χ0n) is 13.1. The Hall–Kier alpha value is -0.120. The first-order chi connectivity index (χ1) is 8.35. The average Bonchev–Trinajstić information content (AvgIpc) is 2.28. The van der Waals surface area contributed by atoms with Gasteiger partial charge in [0.15, 0.2) is 0 Å². The first-order valence-corrected chi connectivity index (χ1v) is 7.49. The molecule has 0 bridgehead atoms. The summed E-state index contributed by atoms with van der Waals surface area (Å²) in [5.74, 6) is 1.47. The molecule has 18 heavy (non-hydrogen) atoms. The van der Waals surface area contributed by atoms with Gasteiger partial charge in [-0.2, -0.15) is 0 Å². The third-order valence-corrected chi connectivity index (χ3v) is 4.39. The van der Waals surface area contributed by atoms with E-state index in [0.717, 1.165) is 12.5 Å². The van der Waals surface area contributed by atoms with Crippen molar-refractivity contribution in [1.29, 1.82) is 0 Å². The smallest absolute Gasteiger partial charge is 0.0277 e. The second-order valence-electron chi connectivity index (χ2n) is 7.03. The van der Waals surface area contributed by atoms with Gasteiger partial charge in [0, 0.05) is 25.2 Å². The summed E-state index contributed by atoms with van der Waals surface area (Å²) in [6, 6.07) is 0. The molecule has 1 aliphatic rings. The highest BCUT2D eigenvalue weighted by Crippen LogP contribution is 2.20. The van der Waals surface area contributed by atoms with Crippen LogP contribution in [0.1, 0.15) is 40.5 Å². The Kier molecular flexibility index (Phi) is 6.09. The van der Waals surface area contributed by atoms with Crippen molar-refractivity contribution in [2.45, 2.75) is 46.1 Å². The standard InChI is InChI=1S/C15H33N3/c1-13(2)10-14(11-16)6-7-18-9-8-17(5)15(3,4)12-18/h13-14H,6-12,16H2,1-5H3. The van der Waals surface area contributed by atoms with E-state index in [-0.39, 0.29) is 0 Å². The SMILES string of the molecule is CC(C)CC(CN)CCN1CCN(C)C(C)(C)C1. The summed E-state index contributed by atoms with van der Waals surface area (Å²) >= 11 is 0. The lowest BCUT2D eigenvalue weighted by Gasteiger charge is -2.45. The van der Waals surface area contributed by atoms with Gasteiger partial charge in [-0.1, -0.05) is 13.8 Å². The fraction of sp³-hybridized carbons (Fsp3) is 1.00. The van der Waals surface area contributed by atoms with Crippen molar-refractivity contribution in [2.24, 2.45) is 17.6 Å². The molecule has 1 saturated heterocycles. The highest BCUT2D eigenvalue weighted by molar-refractivity contribution is 4.88. The fourth-order valence-corrected chi connectivity index (χ4v) is 2.90. The Bertz CT molecular complexity index is 238. The van der Waals surface area contributed by atoms with E-state index in [1.54, 1.807) is 0 Å². The lowest BCUT2D eigenvalue weighted by molar-refractivity contribution is 0.0370. The Morgan fingerprint density at radius 1 is 1.22 bits per heavy atom. The molecule has 1 rings (SSSR count). The summed E-state index contributed by atoms with van der Waals surface area (Å²) in [7, 11) is 2.23. The quantitative estimate of drug-likeness (QED) is 0.788. The third kappa shape index (κ3) is 4.87.